The molecule has 0 aliphatic carbocycles. The molecule has 5 atom stereocenters. The SMILES string of the molecule is CSC1OC(COC(C)=O)C(C)C(OC(C)=O)C1OC(C)=O. The summed E-state index contributed by atoms with van der Waals surface area (Å²) in [4.78, 5) is 33.6. The molecular formula is C14H22O7S. The molecule has 7 nitrogen and oxygen atoms in total. The molecule has 1 rings (SSSR count). The molecule has 5 unspecified atom stereocenters. The lowest BCUT2D eigenvalue weighted by molar-refractivity contribution is -0.213. The average molecular weight is 334 g/mol. The molecule has 8 heteroatoms. The summed E-state index contributed by atoms with van der Waals surface area (Å²) in [5.41, 5.74) is -0.509. The number of thioether (sulfide) groups is 1. The second-order valence-electron chi connectivity index (χ2n) is 5.09. The minimum atomic E-state index is -0.708. The molecule has 22 heavy (non-hydrogen) atoms. The Labute approximate surface area is 134 Å². The maximum atomic E-state index is 11.4. The Balaban J connectivity index is 2.95. The van der Waals surface area contributed by atoms with Crippen LogP contribution >= 0.6 is 11.8 Å². The maximum Gasteiger partial charge on any atom is 0.303 e. The van der Waals surface area contributed by atoms with Crippen LogP contribution in [0.15, 0.2) is 0 Å². The Bertz CT molecular complexity index is 425. The fourth-order valence-electron chi connectivity index (χ4n) is 2.30. The summed E-state index contributed by atoms with van der Waals surface area (Å²) in [5, 5.41) is 0. The molecule has 0 N–H and O–H groups in total. The number of esters is 3. The van der Waals surface area contributed by atoms with Crippen LogP contribution in [0.3, 0.4) is 0 Å². The lowest BCUT2D eigenvalue weighted by Crippen LogP contribution is -2.56. The molecule has 0 aromatic heterocycles. The van der Waals surface area contributed by atoms with Gasteiger partial charge in [0.25, 0.3) is 0 Å². The number of hydrogen-bond donors (Lipinski definition) is 0. The molecule has 1 aliphatic rings. The molecule has 0 aromatic carbocycles. The summed E-state index contributed by atoms with van der Waals surface area (Å²) >= 11 is 1.34. The normalized spacial score (nSPS) is 31.2. The largest absolute Gasteiger partial charge is 0.463 e. The van der Waals surface area contributed by atoms with Crippen molar-refractivity contribution < 1.29 is 33.3 Å². The highest BCUT2D eigenvalue weighted by Crippen LogP contribution is 2.34. The van der Waals surface area contributed by atoms with E-state index in [9.17, 15) is 14.4 Å². The number of carbonyl (C=O) groups excluding carboxylic acids is 3. The summed E-state index contributed by atoms with van der Waals surface area (Å²) in [6.07, 6.45) is -0.0177. The van der Waals surface area contributed by atoms with E-state index in [1.54, 1.807) is 13.2 Å². The summed E-state index contributed by atoms with van der Waals surface area (Å²) in [7, 11) is 0. The van der Waals surface area contributed by atoms with Crippen molar-refractivity contribution in [1.82, 2.24) is 0 Å². The third-order valence-corrected chi connectivity index (χ3v) is 4.14. The van der Waals surface area contributed by atoms with E-state index in [4.69, 9.17) is 18.9 Å². The minimum absolute atomic E-state index is 0.0537. The van der Waals surface area contributed by atoms with E-state index >= 15 is 0 Å². The smallest absolute Gasteiger partial charge is 0.303 e. The van der Waals surface area contributed by atoms with Gasteiger partial charge in [0.2, 0.25) is 0 Å². The van der Waals surface area contributed by atoms with Gasteiger partial charge >= 0.3 is 17.9 Å². The van der Waals surface area contributed by atoms with Crippen LogP contribution < -0.4 is 0 Å². The molecule has 0 bridgehead atoms. The zero-order valence-corrected chi connectivity index (χ0v) is 14.2. The van der Waals surface area contributed by atoms with E-state index in [1.165, 1.54) is 32.5 Å². The summed E-state index contributed by atoms with van der Waals surface area (Å²) in [5.74, 6) is -1.66. The highest BCUT2D eigenvalue weighted by molar-refractivity contribution is 7.99. The molecule has 126 valence electrons. The van der Waals surface area contributed by atoms with Crippen LogP contribution in [0.4, 0.5) is 0 Å². The first kappa shape index (κ1) is 18.8. The molecule has 1 fully saturated rings. The van der Waals surface area contributed by atoms with Crippen LogP contribution in [-0.2, 0) is 33.3 Å². The third kappa shape index (κ3) is 5.17. The molecule has 1 aliphatic heterocycles. The number of ether oxygens (including phenoxy) is 4. The monoisotopic (exact) mass is 334 g/mol. The van der Waals surface area contributed by atoms with Gasteiger partial charge in [-0.15, -0.1) is 11.8 Å². The second-order valence-corrected chi connectivity index (χ2v) is 6.02. The Morgan fingerprint density at radius 1 is 1.00 bits per heavy atom. The van der Waals surface area contributed by atoms with Crippen LogP contribution in [-0.4, -0.2) is 54.5 Å². The first-order valence-electron chi connectivity index (χ1n) is 6.92. The van der Waals surface area contributed by atoms with Gasteiger partial charge < -0.3 is 18.9 Å². The van der Waals surface area contributed by atoms with E-state index in [2.05, 4.69) is 0 Å². The summed E-state index contributed by atoms with van der Waals surface area (Å²) in [6.45, 7) is 5.75. The van der Waals surface area contributed by atoms with Gasteiger partial charge in [0.05, 0.1) is 6.10 Å². The van der Waals surface area contributed by atoms with Crippen LogP contribution in [0.1, 0.15) is 27.7 Å². The molecule has 0 saturated carbocycles. The van der Waals surface area contributed by atoms with Gasteiger partial charge in [-0.25, -0.2) is 0 Å². The maximum absolute atomic E-state index is 11.4. The lowest BCUT2D eigenvalue weighted by Gasteiger charge is -2.43. The van der Waals surface area contributed by atoms with Crippen LogP contribution in [0, 0.1) is 5.92 Å². The van der Waals surface area contributed by atoms with Gasteiger partial charge in [-0.3, -0.25) is 14.4 Å². The van der Waals surface area contributed by atoms with E-state index < -0.39 is 41.7 Å². The van der Waals surface area contributed by atoms with E-state index in [0.29, 0.717) is 0 Å². The topological polar surface area (TPSA) is 88.1 Å². The molecule has 1 saturated heterocycles. The van der Waals surface area contributed by atoms with Crippen molar-refractivity contribution in [2.75, 3.05) is 12.9 Å². The van der Waals surface area contributed by atoms with Gasteiger partial charge in [-0.1, -0.05) is 6.92 Å². The van der Waals surface area contributed by atoms with Crippen molar-refractivity contribution in [3.05, 3.63) is 0 Å². The fraction of sp³-hybridized carbons (Fsp3) is 0.786. The van der Waals surface area contributed by atoms with Crippen molar-refractivity contribution in [2.24, 2.45) is 5.92 Å². The number of hydrogen-bond acceptors (Lipinski definition) is 8. The lowest BCUT2D eigenvalue weighted by atomic mass is 9.91. The fourth-order valence-corrected chi connectivity index (χ4v) is 3.03. The molecule has 1 heterocycles. The van der Waals surface area contributed by atoms with Crippen molar-refractivity contribution >= 4 is 29.7 Å². The Hall–Kier alpha value is -1.28. The van der Waals surface area contributed by atoms with Crippen molar-refractivity contribution in [3.63, 3.8) is 0 Å². The van der Waals surface area contributed by atoms with Crippen LogP contribution in [0.2, 0.25) is 0 Å². The predicted octanol–water partition coefficient (Wildman–Crippen LogP) is 1.14. The Kier molecular flexibility index (Phi) is 7.15. The number of carbonyl (C=O) groups is 3. The first-order chi connectivity index (χ1) is 10.3. The quantitative estimate of drug-likeness (QED) is 0.546. The standard InChI is InChI=1S/C14H22O7S/c1-7-11(6-18-8(2)15)21-14(22-5)13(20-10(4)17)12(7)19-9(3)16/h7,11-14H,6H2,1-5H3. The minimum Gasteiger partial charge on any atom is -0.463 e. The highest BCUT2D eigenvalue weighted by Gasteiger charge is 2.47. The van der Waals surface area contributed by atoms with E-state index in [-0.39, 0.29) is 12.5 Å². The summed E-state index contributed by atoms with van der Waals surface area (Å²) < 4.78 is 21.5. The van der Waals surface area contributed by atoms with Gasteiger partial charge in [-0.2, -0.15) is 0 Å². The second kappa shape index (κ2) is 8.38. The highest BCUT2D eigenvalue weighted by atomic mass is 32.2. The van der Waals surface area contributed by atoms with Gasteiger partial charge in [0, 0.05) is 26.7 Å². The van der Waals surface area contributed by atoms with Crippen LogP contribution in [0.25, 0.3) is 0 Å². The van der Waals surface area contributed by atoms with Gasteiger partial charge in [-0.05, 0) is 6.26 Å². The summed E-state index contributed by atoms with van der Waals surface area (Å²) in [6, 6.07) is 0. The van der Waals surface area contributed by atoms with Crippen molar-refractivity contribution in [3.8, 4) is 0 Å². The van der Waals surface area contributed by atoms with Gasteiger partial charge in [0.15, 0.2) is 6.10 Å². The molecule has 0 spiro atoms. The Morgan fingerprint density at radius 2 is 1.55 bits per heavy atom. The van der Waals surface area contributed by atoms with Crippen molar-refractivity contribution in [2.45, 2.75) is 51.4 Å². The molecule has 0 amide bonds. The van der Waals surface area contributed by atoms with Crippen molar-refractivity contribution in [1.29, 1.82) is 0 Å². The average Bonchev–Trinajstić information content (AvgIpc) is 2.41. The third-order valence-electron chi connectivity index (χ3n) is 3.29. The zero-order valence-electron chi connectivity index (χ0n) is 13.4. The zero-order chi connectivity index (χ0) is 16.9. The molecule has 0 aromatic rings. The first-order valence-corrected chi connectivity index (χ1v) is 8.21. The predicted molar refractivity (Wildman–Crippen MR) is 79.1 cm³/mol. The number of rotatable bonds is 5. The Morgan fingerprint density at radius 3 is 2.00 bits per heavy atom. The van der Waals surface area contributed by atoms with E-state index in [1.807, 2.05) is 0 Å². The molecule has 0 radical (unpaired) electrons. The van der Waals surface area contributed by atoms with Gasteiger partial charge in [0.1, 0.15) is 18.1 Å². The van der Waals surface area contributed by atoms with E-state index in [0.717, 1.165) is 0 Å². The molecular weight excluding hydrogens is 312 g/mol. The van der Waals surface area contributed by atoms with Crippen LogP contribution in [0.5, 0.6) is 0 Å².